The minimum atomic E-state index is -0.0430. The standard InChI is InChI=1S/C10H15N3OS/c1-8-7-15-5-4-13(8)10-3-2-9(6-14)11-12-10/h2-3,8,14H,4-7H2,1H3. The quantitative estimate of drug-likeness (QED) is 0.810. The summed E-state index contributed by atoms with van der Waals surface area (Å²) in [6, 6.07) is 4.28. The highest BCUT2D eigenvalue weighted by Crippen LogP contribution is 2.21. The maximum atomic E-state index is 8.87. The van der Waals surface area contributed by atoms with Gasteiger partial charge in [-0.25, -0.2) is 0 Å². The number of aromatic nitrogens is 2. The summed E-state index contributed by atoms with van der Waals surface area (Å²) < 4.78 is 0. The van der Waals surface area contributed by atoms with E-state index in [1.54, 1.807) is 0 Å². The first-order valence-corrected chi connectivity index (χ1v) is 6.24. The van der Waals surface area contributed by atoms with Crippen LogP contribution in [0.15, 0.2) is 12.1 Å². The van der Waals surface area contributed by atoms with E-state index in [2.05, 4.69) is 22.0 Å². The molecule has 2 rings (SSSR count). The molecule has 1 aromatic rings. The third-order valence-electron chi connectivity index (χ3n) is 2.53. The Kier molecular flexibility index (Phi) is 3.43. The second kappa shape index (κ2) is 4.81. The molecule has 1 aromatic heterocycles. The van der Waals surface area contributed by atoms with Gasteiger partial charge in [0.15, 0.2) is 5.82 Å². The highest BCUT2D eigenvalue weighted by Gasteiger charge is 2.19. The zero-order valence-electron chi connectivity index (χ0n) is 8.76. The number of hydrogen-bond acceptors (Lipinski definition) is 5. The van der Waals surface area contributed by atoms with Gasteiger partial charge >= 0.3 is 0 Å². The molecule has 5 heteroatoms. The second-order valence-corrected chi connectivity index (χ2v) is 4.81. The van der Waals surface area contributed by atoms with Gasteiger partial charge in [-0.3, -0.25) is 0 Å². The summed E-state index contributed by atoms with van der Waals surface area (Å²) in [4.78, 5) is 2.27. The van der Waals surface area contributed by atoms with E-state index >= 15 is 0 Å². The molecule has 1 N–H and O–H groups in total. The van der Waals surface area contributed by atoms with Crippen LogP contribution in [0.4, 0.5) is 5.82 Å². The molecule has 1 aliphatic heterocycles. The van der Waals surface area contributed by atoms with E-state index in [9.17, 15) is 0 Å². The van der Waals surface area contributed by atoms with Gasteiger partial charge in [0.05, 0.1) is 12.3 Å². The minimum Gasteiger partial charge on any atom is -0.390 e. The Bertz CT molecular complexity index is 317. The van der Waals surface area contributed by atoms with Gasteiger partial charge in [0.1, 0.15) is 0 Å². The molecule has 0 radical (unpaired) electrons. The largest absolute Gasteiger partial charge is 0.390 e. The SMILES string of the molecule is CC1CSCCN1c1ccc(CO)nn1. The Morgan fingerprint density at radius 2 is 2.40 bits per heavy atom. The van der Waals surface area contributed by atoms with Crippen LogP contribution in [0, 0.1) is 0 Å². The Morgan fingerprint density at radius 1 is 1.53 bits per heavy atom. The van der Waals surface area contributed by atoms with Crippen molar-refractivity contribution in [3.8, 4) is 0 Å². The van der Waals surface area contributed by atoms with Crippen molar-refractivity contribution < 1.29 is 5.11 Å². The van der Waals surface area contributed by atoms with Crippen molar-refractivity contribution in [2.45, 2.75) is 19.6 Å². The number of hydrogen-bond donors (Lipinski definition) is 1. The first kappa shape index (κ1) is 10.7. The molecule has 4 nitrogen and oxygen atoms in total. The summed E-state index contributed by atoms with van der Waals surface area (Å²) >= 11 is 1.98. The second-order valence-electron chi connectivity index (χ2n) is 3.66. The van der Waals surface area contributed by atoms with E-state index in [1.165, 1.54) is 0 Å². The molecule has 0 saturated carbocycles. The summed E-state index contributed by atoms with van der Waals surface area (Å²) in [6.45, 7) is 3.19. The van der Waals surface area contributed by atoms with Gasteiger partial charge in [-0.2, -0.15) is 16.9 Å². The van der Waals surface area contributed by atoms with Crippen LogP contribution in [0.2, 0.25) is 0 Å². The van der Waals surface area contributed by atoms with E-state index in [1.807, 2.05) is 23.9 Å². The normalized spacial score (nSPS) is 21.7. The van der Waals surface area contributed by atoms with Crippen molar-refractivity contribution in [2.75, 3.05) is 23.0 Å². The molecule has 1 fully saturated rings. The number of rotatable bonds is 2. The van der Waals surface area contributed by atoms with Crippen LogP contribution < -0.4 is 4.90 Å². The zero-order valence-corrected chi connectivity index (χ0v) is 9.57. The molecule has 1 unspecified atom stereocenters. The highest BCUT2D eigenvalue weighted by atomic mass is 32.2. The van der Waals surface area contributed by atoms with Crippen molar-refractivity contribution in [3.63, 3.8) is 0 Å². The van der Waals surface area contributed by atoms with Crippen molar-refractivity contribution in [1.82, 2.24) is 10.2 Å². The van der Waals surface area contributed by atoms with Gasteiger partial charge in [-0.1, -0.05) is 0 Å². The van der Waals surface area contributed by atoms with Gasteiger partial charge in [-0.05, 0) is 19.1 Å². The van der Waals surface area contributed by atoms with Gasteiger partial charge < -0.3 is 10.0 Å². The van der Waals surface area contributed by atoms with Gasteiger partial charge in [0.25, 0.3) is 0 Å². The number of aliphatic hydroxyl groups is 1. The van der Waals surface area contributed by atoms with E-state index in [-0.39, 0.29) is 6.61 Å². The molecule has 1 aliphatic rings. The summed E-state index contributed by atoms with van der Waals surface area (Å²) in [5.74, 6) is 3.21. The van der Waals surface area contributed by atoms with Crippen molar-refractivity contribution >= 4 is 17.6 Å². The molecular weight excluding hydrogens is 210 g/mol. The predicted octanol–water partition coefficient (Wildman–Crippen LogP) is 0.911. The van der Waals surface area contributed by atoms with Crippen LogP contribution in [-0.2, 0) is 6.61 Å². The molecule has 1 saturated heterocycles. The first-order valence-electron chi connectivity index (χ1n) is 5.09. The Labute approximate surface area is 93.7 Å². The zero-order chi connectivity index (χ0) is 10.7. The maximum absolute atomic E-state index is 8.87. The molecule has 82 valence electrons. The van der Waals surface area contributed by atoms with E-state index in [4.69, 9.17) is 5.11 Å². The van der Waals surface area contributed by atoms with Gasteiger partial charge in [-0.15, -0.1) is 5.10 Å². The Hall–Kier alpha value is -0.810. The number of thioether (sulfide) groups is 1. The van der Waals surface area contributed by atoms with E-state index < -0.39 is 0 Å². The fourth-order valence-electron chi connectivity index (χ4n) is 1.66. The van der Waals surface area contributed by atoms with Crippen LogP contribution in [0.25, 0.3) is 0 Å². The molecule has 0 spiro atoms. The van der Waals surface area contributed by atoms with Crippen molar-refractivity contribution in [3.05, 3.63) is 17.8 Å². The fourth-order valence-corrected chi connectivity index (χ4v) is 2.67. The molecule has 0 aliphatic carbocycles. The summed E-state index contributed by atoms with van der Waals surface area (Å²) in [5, 5.41) is 17.0. The average Bonchev–Trinajstić information content (AvgIpc) is 2.30. The van der Waals surface area contributed by atoms with E-state index in [0.29, 0.717) is 11.7 Å². The smallest absolute Gasteiger partial charge is 0.151 e. The molecular formula is C10H15N3OS. The molecule has 2 heterocycles. The fraction of sp³-hybridized carbons (Fsp3) is 0.600. The lowest BCUT2D eigenvalue weighted by molar-refractivity contribution is 0.275. The lowest BCUT2D eigenvalue weighted by Crippen LogP contribution is -2.41. The summed E-state index contributed by atoms with van der Waals surface area (Å²) in [7, 11) is 0. The molecule has 0 amide bonds. The predicted molar refractivity (Wildman–Crippen MR) is 62.1 cm³/mol. The molecule has 1 atom stereocenters. The Morgan fingerprint density at radius 3 is 3.00 bits per heavy atom. The highest BCUT2D eigenvalue weighted by molar-refractivity contribution is 7.99. The van der Waals surface area contributed by atoms with Crippen LogP contribution in [0.3, 0.4) is 0 Å². The number of aliphatic hydroxyl groups excluding tert-OH is 1. The number of nitrogens with zero attached hydrogens (tertiary/aromatic N) is 3. The van der Waals surface area contributed by atoms with Crippen molar-refractivity contribution in [1.29, 1.82) is 0 Å². The van der Waals surface area contributed by atoms with Crippen LogP contribution in [0.5, 0.6) is 0 Å². The lowest BCUT2D eigenvalue weighted by atomic mass is 10.3. The molecule has 15 heavy (non-hydrogen) atoms. The first-order chi connectivity index (χ1) is 7.31. The Balaban J connectivity index is 2.13. The maximum Gasteiger partial charge on any atom is 0.151 e. The van der Waals surface area contributed by atoms with Crippen LogP contribution >= 0.6 is 11.8 Å². The van der Waals surface area contributed by atoms with Crippen LogP contribution in [-0.4, -0.2) is 39.4 Å². The minimum absolute atomic E-state index is 0.0430. The van der Waals surface area contributed by atoms with Gasteiger partial charge in [0, 0.05) is 24.1 Å². The van der Waals surface area contributed by atoms with Crippen LogP contribution in [0.1, 0.15) is 12.6 Å². The topological polar surface area (TPSA) is 49.2 Å². The average molecular weight is 225 g/mol. The summed E-state index contributed by atoms with van der Waals surface area (Å²) in [6.07, 6.45) is 0. The summed E-state index contributed by atoms with van der Waals surface area (Å²) in [5.41, 5.74) is 0.623. The molecule has 0 aromatic carbocycles. The number of anilines is 1. The third-order valence-corrected chi connectivity index (χ3v) is 3.72. The lowest BCUT2D eigenvalue weighted by Gasteiger charge is -2.33. The van der Waals surface area contributed by atoms with Crippen molar-refractivity contribution in [2.24, 2.45) is 0 Å². The monoisotopic (exact) mass is 225 g/mol. The van der Waals surface area contributed by atoms with Gasteiger partial charge in [0.2, 0.25) is 0 Å². The van der Waals surface area contributed by atoms with E-state index in [0.717, 1.165) is 23.9 Å². The molecule has 0 bridgehead atoms. The third kappa shape index (κ3) is 2.41.